The van der Waals surface area contributed by atoms with Crippen molar-refractivity contribution in [3.63, 3.8) is 0 Å². The average molecular weight is 531 g/mol. The highest BCUT2D eigenvalue weighted by atomic mass is 127. The third kappa shape index (κ3) is 11.0. The summed E-state index contributed by atoms with van der Waals surface area (Å²) in [6.07, 6.45) is 0.422. The summed E-state index contributed by atoms with van der Waals surface area (Å²) in [4.78, 5) is 16.1. The molecule has 0 saturated heterocycles. The highest BCUT2D eigenvalue weighted by Crippen LogP contribution is 2.23. The SMILES string of the molecule is CCNC(=NCC(O)c1cc(Cl)cc(Cl)c1)NCCC(=O)NC(C)CC.I. The number of halogens is 3. The molecule has 2 unspecified atom stereocenters. The van der Waals surface area contributed by atoms with E-state index in [4.69, 9.17) is 23.2 Å². The lowest BCUT2D eigenvalue weighted by Gasteiger charge is -2.15. The predicted molar refractivity (Wildman–Crippen MR) is 123 cm³/mol. The number of nitrogens with one attached hydrogen (secondary N) is 3. The Kier molecular flexibility index (Phi) is 13.9. The van der Waals surface area contributed by atoms with Gasteiger partial charge in [-0.05, 0) is 44.0 Å². The van der Waals surface area contributed by atoms with Crippen molar-refractivity contribution in [1.82, 2.24) is 16.0 Å². The first kappa shape index (κ1) is 26.2. The van der Waals surface area contributed by atoms with Crippen LogP contribution in [0.1, 0.15) is 45.3 Å². The maximum atomic E-state index is 11.8. The summed E-state index contributed by atoms with van der Waals surface area (Å²) in [6, 6.07) is 5.10. The number of amides is 1. The zero-order valence-corrected chi connectivity index (χ0v) is 19.7. The maximum Gasteiger partial charge on any atom is 0.221 e. The van der Waals surface area contributed by atoms with Gasteiger partial charge in [0.25, 0.3) is 0 Å². The molecule has 1 aromatic rings. The number of rotatable bonds is 9. The number of carbonyl (C=O) groups is 1. The van der Waals surface area contributed by atoms with Crippen LogP contribution in [0.4, 0.5) is 0 Å². The molecule has 1 amide bonds. The normalized spacial score (nSPS) is 13.3. The van der Waals surface area contributed by atoms with Gasteiger partial charge >= 0.3 is 0 Å². The summed E-state index contributed by atoms with van der Waals surface area (Å²) >= 11 is 11.9. The topological polar surface area (TPSA) is 85.8 Å². The van der Waals surface area contributed by atoms with E-state index in [1.165, 1.54) is 0 Å². The monoisotopic (exact) mass is 530 g/mol. The molecule has 0 aliphatic carbocycles. The number of hydrogen-bond acceptors (Lipinski definition) is 3. The fraction of sp³-hybridized carbons (Fsp3) is 0.556. The van der Waals surface area contributed by atoms with Crippen LogP contribution in [0.15, 0.2) is 23.2 Å². The molecule has 0 bridgehead atoms. The lowest BCUT2D eigenvalue weighted by molar-refractivity contribution is -0.121. The van der Waals surface area contributed by atoms with Crippen LogP contribution < -0.4 is 16.0 Å². The number of nitrogens with zero attached hydrogens (tertiary/aromatic N) is 1. The van der Waals surface area contributed by atoms with E-state index >= 15 is 0 Å². The van der Waals surface area contributed by atoms with Crippen molar-refractivity contribution in [2.75, 3.05) is 19.6 Å². The van der Waals surface area contributed by atoms with Crippen LogP contribution in [-0.2, 0) is 4.79 Å². The molecule has 9 heteroatoms. The van der Waals surface area contributed by atoms with Crippen molar-refractivity contribution in [3.05, 3.63) is 33.8 Å². The Balaban J connectivity index is 0.00000676. The molecule has 0 aliphatic rings. The Bertz CT molecular complexity index is 597. The van der Waals surface area contributed by atoms with Crippen LogP contribution in [-0.4, -0.2) is 42.6 Å². The van der Waals surface area contributed by atoms with Gasteiger partial charge in [-0.3, -0.25) is 9.79 Å². The largest absolute Gasteiger partial charge is 0.386 e. The van der Waals surface area contributed by atoms with Crippen LogP contribution in [0.5, 0.6) is 0 Å². The first-order valence-corrected chi connectivity index (χ1v) is 9.56. The van der Waals surface area contributed by atoms with Gasteiger partial charge in [-0.1, -0.05) is 30.1 Å². The minimum Gasteiger partial charge on any atom is -0.386 e. The van der Waals surface area contributed by atoms with E-state index in [2.05, 4.69) is 20.9 Å². The number of guanidine groups is 1. The molecule has 0 spiro atoms. The Labute approximate surface area is 188 Å². The molecule has 4 N–H and O–H groups in total. The number of benzene rings is 1. The standard InChI is InChI=1S/C18H28Cl2N4O2.HI/c1-4-12(3)24-17(26)6-7-22-18(21-5-2)23-11-16(25)13-8-14(19)10-15(20)9-13;/h8-10,12,16,25H,4-7,11H2,1-3H3,(H,24,26)(H2,21,22,23);1H. The van der Waals surface area contributed by atoms with Crippen LogP contribution in [0.3, 0.4) is 0 Å². The highest BCUT2D eigenvalue weighted by molar-refractivity contribution is 14.0. The number of hydrogen-bond donors (Lipinski definition) is 4. The van der Waals surface area contributed by atoms with Crippen molar-refractivity contribution < 1.29 is 9.90 Å². The summed E-state index contributed by atoms with van der Waals surface area (Å²) < 4.78 is 0. The molecule has 154 valence electrons. The van der Waals surface area contributed by atoms with Gasteiger partial charge < -0.3 is 21.1 Å². The molecule has 6 nitrogen and oxygen atoms in total. The van der Waals surface area contributed by atoms with Crippen molar-refractivity contribution in [2.45, 2.75) is 45.8 Å². The van der Waals surface area contributed by atoms with Crippen LogP contribution >= 0.6 is 47.2 Å². The lowest BCUT2D eigenvalue weighted by Crippen LogP contribution is -2.40. The van der Waals surface area contributed by atoms with E-state index < -0.39 is 6.10 Å². The number of aliphatic hydroxyl groups is 1. The highest BCUT2D eigenvalue weighted by Gasteiger charge is 2.10. The van der Waals surface area contributed by atoms with Gasteiger partial charge in [0.05, 0.1) is 12.6 Å². The van der Waals surface area contributed by atoms with Gasteiger partial charge in [-0.2, -0.15) is 0 Å². The van der Waals surface area contributed by atoms with Gasteiger partial charge in [0.15, 0.2) is 5.96 Å². The second kappa shape index (κ2) is 14.3. The number of carbonyl (C=O) groups excluding carboxylic acids is 1. The molecule has 2 atom stereocenters. The van der Waals surface area contributed by atoms with Gasteiger partial charge in [-0.25, -0.2) is 0 Å². The van der Waals surface area contributed by atoms with Crippen LogP contribution in [0, 0.1) is 0 Å². The van der Waals surface area contributed by atoms with Crippen LogP contribution in [0.2, 0.25) is 10.0 Å². The van der Waals surface area contributed by atoms with Crippen molar-refractivity contribution in [2.24, 2.45) is 4.99 Å². The quantitative estimate of drug-likeness (QED) is 0.223. The van der Waals surface area contributed by atoms with Crippen molar-refractivity contribution in [1.29, 1.82) is 0 Å². The fourth-order valence-electron chi connectivity index (χ4n) is 2.14. The summed E-state index contributed by atoms with van der Waals surface area (Å²) in [7, 11) is 0. The van der Waals surface area contributed by atoms with Crippen LogP contribution in [0.25, 0.3) is 0 Å². The second-order valence-corrected chi connectivity index (χ2v) is 6.86. The van der Waals surface area contributed by atoms with Crippen molar-refractivity contribution >= 4 is 59.0 Å². The minimum absolute atomic E-state index is 0. The summed E-state index contributed by atoms with van der Waals surface area (Å²) in [5.74, 6) is 0.535. The van der Waals surface area contributed by atoms with E-state index in [0.717, 1.165) is 6.42 Å². The minimum atomic E-state index is -0.824. The summed E-state index contributed by atoms with van der Waals surface area (Å²) in [5.41, 5.74) is 0.607. The molecular weight excluding hydrogens is 502 g/mol. The van der Waals surface area contributed by atoms with E-state index in [0.29, 0.717) is 41.1 Å². The molecule has 27 heavy (non-hydrogen) atoms. The first-order chi connectivity index (χ1) is 12.3. The smallest absolute Gasteiger partial charge is 0.221 e. The molecule has 0 aliphatic heterocycles. The number of aliphatic imine (C=N–C) groups is 1. The molecular formula is C18H29Cl2IN4O2. The fourth-order valence-corrected chi connectivity index (χ4v) is 2.68. The van der Waals surface area contributed by atoms with Crippen molar-refractivity contribution in [3.8, 4) is 0 Å². The zero-order valence-electron chi connectivity index (χ0n) is 15.9. The third-order valence-corrected chi connectivity index (χ3v) is 4.14. The molecule has 0 fully saturated rings. The van der Waals surface area contributed by atoms with Gasteiger partial charge in [0.1, 0.15) is 0 Å². The predicted octanol–water partition coefficient (Wildman–Crippen LogP) is 3.50. The van der Waals surface area contributed by atoms with E-state index in [-0.39, 0.29) is 42.5 Å². The average Bonchev–Trinajstić information content (AvgIpc) is 2.58. The molecule has 0 radical (unpaired) electrons. The van der Waals surface area contributed by atoms with E-state index in [1.54, 1.807) is 18.2 Å². The Morgan fingerprint density at radius 3 is 2.37 bits per heavy atom. The molecule has 0 aromatic heterocycles. The first-order valence-electron chi connectivity index (χ1n) is 8.81. The second-order valence-electron chi connectivity index (χ2n) is 5.99. The van der Waals surface area contributed by atoms with E-state index in [9.17, 15) is 9.90 Å². The molecule has 1 rings (SSSR count). The lowest BCUT2D eigenvalue weighted by atomic mass is 10.1. The van der Waals surface area contributed by atoms with E-state index in [1.807, 2.05) is 20.8 Å². The van der Waals surface area contributed by atoms with Gasteiger partial charge in [0, 0.05) is 35.6 Å². The number of aliphatic hydroxyl groups excluding tert-OH is 1. The third-order valence-electron chi connectivity index (χ3n) is 3.70. The maximum absolute atomic E-state index is 11.8. The Hall–Kier alpha value is -0.770. The summed E-state index contributed by atoms with van der Waals surface area (Å²) in [5, 5.41) is 20.3. The zero-order chi connectivity index (χ0) is 19.5. The van der Waals surface area contributed by atoms with Gasteiger partial charge in [0.2, 0.25) is 5.91 Å². The molecule has 1 aromatic carbocycles. The summed E-state index contributed by atoms with van der Waals surface area (Å²) in [6.45, 7) is 7.21. The Morgan fingerprint density at radius 2 is 1.81 bits per heavy atom. The molecule has 0 saturated carbocycles. The molecule has 0 heterocycles. The Morgan fingerprint density at radius 1 is 1.19 bits per heavy atom. The van der Waals surface area contributed by atoms with Gasteiger partial charge in [-0.15, -0.1) is 24.0 Å².